The average Bonchev–Trinajstić information content (AvgIpc) is 2.92. The van der Waals surface area contributed by atoms with Crippen molar-refractivity contribution < 1.29 is 8.83 Å². The molecule has 2 aromatic heterocycles. The molecule has 1 N–H and O–H groups in total. The molecule has 4 heteroatoms. The van der Waals surface area contributed by atoms with Crippen LogP contribution in [-0.4, -0.2) is 17.6 Å². The Kier molecular flexibility index (Phi) is 3.19. The Balaban J connectivity index is 1.64. The van der Waals surface area contributed by atoms with E-state index in [4.69, 9.17) is 8.83 Å². The van der Waals surface area contributed by atoms with Gasteiger partial charge < -0.3 is 14.2 Å². The fourth-order valence-corrected chi connectivity index (χ4v) is 2.05. The zero-order valence-corrected chi connectivity index (χ0v) is 10.6. The second-order valence-electron chi connectivity index (χ2n) is 4.71. The lowest BCUT2D eigenvalue weighted by molar-refractivity contribution is 0.488. The molecule has 0 aliphatic heterocycles. The van der Waals surface area contributed by atoms with E-state index in [0.29, 0.717) is 0 Å². The van der Waals surface area contributed by atoms with Crippen molar-refractivity contribution in [1.29, 1.82) is 0 Å². The van der Waals surface area contributed by atoms with Gasteiger partial charge in [-0.3, -0.25) is 0 Å². The van der Waals surface area contributed by atoms with Crippen LogP contribution in [0, 0.1) is 0 Å². The van der Waals surface area contributed by atoms with Crippen molar-refractivity contribution in [3.63, 3.8) is 0 Å². The van der Waals surface area contributed by atoms with E-state index in [0.717, 1.165) is 48.4 Å². The second-order valence-corrected chi connectivity index (χ2v) is 4.71. The number of furan rings is 1. The van der Waals surface area contributed by atoms with Crippen molar-refractivity contribution in [3.05, 3.63) is 30.2 Å². The quantitative estimate of drug-likeness (QED) is 0.851. The topological polar surface area (TPSA) is 51.2 Å². The van der Waals surface area contributed by atoms with Crippen LogP contribution >= 0.6 is 0 Å². The summed E-state index contributed by atoms with van der Waals surface area (Å²) < 4.78 is 11.2. The molecule has 0 radical (unpaired) electrons. The molecule has 1 saturated carbocycles. The molecule has 18 heavy (non-hydrogen) atoms. The van der Waals surface area contributed by atoms with Crippen LogP contribution in [0.1, 0.15) is 31.4 Å². The van der Waals surface area contributed by atoms with Crippen LogP contribution < -0.4 is 5.32 Å². The van der Waals surface area contributed by atoms with Crippen LogP contribution in [0.15, 0.2) is 27.4 Å². The maximum absolute atomic E-state index is 5.76. The molecule has 2 aromatic rings. The molecule has 1 aliphatic carbocycles. The van der Waals surface area contributed by atoms with Gasteiger partial charge in [0, 0.05) is 25.4 Å². The van der Waals surface area contributed by atoms with Crippen LogP contribution in [0.25, 0.3) is 11.3 Å². The molecule has 0 unspecified atom stereocenters. The third-order valence-corrected chi connectivity index (χ3v) is 3.23. The van der Waals surface area contributed by atoms with Crippen molar-refractivity contribution in [1.82, 2.24) is 10.3 Å². The summed E-state index contributed by atoms with van der Waals surface area (Å²) in [6.07, 6.45) is 7.82. The SMILES string of the molecule is CCc1occc1-c1cnc(CCNC2CC2)o1. The monoisotopic (exact) mass is 246 g/mol. The highest BCUT2D eigenvalue weighted by Gasteiger charge is 2.20. The molecular formula is C14H18N2O2. The van der Waals surface area contributed by atoms with Gasteiger partial charge in [0.25, 0.3) is 0 Å². The lowest BCUT2D eigenvalue weighted by atomic mass is 10.2. The van der Waals surface area contributed by atoms with Crippen LogP contribution in [0.5, 0.6) is 0 Å². The zero-order chi connectivity index (χ0) is 12.4. The standard InChI is InChI=1S/C14H18N2O2/c1-2-12-11(6-8-17-12)13-9-16-14(18-13)5-7-15-10-3-4-10/h6,8-10,15H,2-5,7H2,1H3. The minimum Gasteiger partial charge on any atom is -0.469 e. The summed E-state index contributed by atoms with van der Waals surface area (Å²) in [7, 11) is 0. The number of oxazole rings is 1. The lowest BCUT2D eigenvalue weighted by Gasteiger charge is -1.98. The number of aryl methyl sites for hydroxylation is 1. The molecular weight excluding hydrogens is 228 g/mol. The van der Waals surface area contributed by atoms with Gasteiger partial charge in [0.15, 0.2) is 11.7 Å². The van der Waals surface area contributed by atoms with E-state index >= 15 is 0 Å². The minimum absolute atomic E-state index is 0.736. The predicted octanol–water partition coefficient (Wildman–Crippen LogP) is 2.79. The maximum atomic E-state index is 5.76. The number of hydrogen-bond donors (Lipinski definition) is 1. The smallest absolute Gasteiger partial charge is 0.196 e. The molecule has 3 rings (SSSR count). The maximum Gasteiger partial charge on any atom is 0.196 e. The number of nitrogens with one attached hydrogen (secondary N) is 1. The van der Waals surface area contributed by atoms with Crippen LogP contribution in [0.4, 0.5) is 0 Å². The molecule has 0 atom stereocenters. The van der Waals surface area contributed by atoms with Gasteiger partial charge in [-0.15, -0.1) is 0 Å². The second kappa shape index (κ2) is 4.98. The number of nitrogens with zero attached hydrogens (tertiary/aromatic N) is 1. The van der Waals surface area contributed by atoms with Gasteiger partial charge in [0.2, 0.25) is 0 Å². The lowest BCUT2D eigenvalue weighted by Crippen LogP contribution is -2.19. The Morgan fingerprint density at radius 1 is 1.44 bits per heavy atom. The first-order valence-electron chi connectivity index (χ1n) is 6.61. The molecule has 0 amide bonds. The Hall–Kier alpha value is -1.55. The number of aromatic nitrogens is 1. The summed E-state index contributed by atoms with van der Waals surface area (Å²) in [5.74, 6) is 2.55. The van der Waals surface area contributed by atoms with Gasteiger partial charge in [-0.2, -0.15) is 0 Å². The molecule has 0 spiro atoms. The molecule has 0 aromatic carbocycles. The number of hydrogen-bond acceptors (Lipinski definition) is 4. The predicted molar refractivity (Wildman–Crippen MR) is 68.3 cm³/mol. The van der Waals surface area contributed by atoms with Gasteiger partial charge in [-0.25, -0.2) is 4.98 Å². The molecule has 2 heterocycles. The van der Waals surface area contributed by atoms with E-state index in [2.05, 4.69) is 17.2 Å². The first-order valence-corrected chi connectivity index (χ1v) is 6.61. The number of rotatable bonds is 6. The van der Waals surface area contributed by atoms with Gasteiger partial charge in [0.1, 0.15) is 5.76 Å². The summed E-state index contributed by atoms with van der Waals surface area (Å²) in [6.45, 7) is 3.01. The van der Waals surface area contributed by atoms with E-state index in [-0.39, 0.29) is 0 Å². The van der Waals surface area contributed by atoms with Gasteiger partial charge in [-0.05, 0) is 18.9 Å². The van der Waals surface area contributed by atoms with Crippen molar-refractivity contribution in [2.75, 3.05) is 6.54 Å². The summed E-state index contributed by atoms with van der Waals surface area (Å²) in [6, 6.07) is 2.67. The first-order chi connectivity index (χ1) is 8.86. The molecule has 0 saturated heterocycles. The zero-order valence-electron chi connectivity index (χ0n) is 10.6. The summed E-state index contributed by atoms with van der Waals surface area (Å²) in [4.78, 5) is 4.32. The van der Waals surface area contributed by atoms with Crippen molar-refractivity contribution in [3.8, 4) is 11.3 Å². The Bertz CT molecular complexity index is 511. The largest absolute Gasteiger partial charge is 0.469 e. The van der Waals surface area contributed by atoms with Crippen LogP contribution in [0.2, 0.25) is 0 Å². The van der Waals surface area contributed by atoms with E-state index in [1.54, 1.807) is 12.5 Å². The highest BCUT2D eigenvalue weighted by Crippen LogP contribution is 2.26. The summed E-state index contributed by atoms with van der Waals surface area (Å²) >= 11 is 0. The van der Waals surface area contributed by atoms with Gasteiger partial charge >= 0.3 is 0 Å². The fraction of sp³-hybridized carbons (Fsp3) is 0.500. The fourth-order valence-electron chi connectivity index (χ4n) is 2.05. The highest BCUT2D eigenvalue weighted by atomic mass is 16.4. The summed E-state index contributed by atoms with van der Waals surface area (Å²) in [5, 5.41) is 3.45. The summed E-state index contributed by atoms with van der Waals surface area (Å²) in [5.41, 5.74) is 1.02. The Morgan fingerprint density at radius 2 is 2.33 bits per heavy atom. The third kappa shape index (κ3) is 2.48. The third-order valence-electron chi connectivity index (χ3n) is 3.23. The van der Waals surface area contributed by atoms with E-state index in [1.165, 1.54) is 12.8 Å². The molecule has 4 nitrogen and oxygen atoms in total. The molecule has 1 aliphatic rings. The highest BCUT2D eigenvalue weighted by molar-refractivity contribution is 5.58. The Morgan fingerprint density at radius 3 is 3.11 bits per heavy atom. The normalized spacial score (nSPS) is 15.2. The average molecular weight is 246 g/mol. The first kappa shape index (κ1) is 11.5. The van der Waals surface area contributed by atoms with Crippen LogP contribution in [-0.2, 0) is 12.8 Å². The van der Waals surface area contributed by atoms with Gasteiger partial charge in [0.05, 0.1) is 18.0 Å². The minimum atomic E-state index is 0.736. The van der Waals surface area contributed by atoms with Crippen LogP contribution in [0.3, 0.4) is 0 Å². The van der Waals surface area contributed by atoms with E-state index in [9.17, 15) is 0 Å². The van der Waals surface area contributed by atoms with Crippen molar-refractivity contribution in [2.45, 2.75) is 38.6 Å². The van der Waals surface area contributed by atoms with Gasteiger partial charge in [-0.1, -0.05) is 6.92 Å². The Labute approximate surface area is 106 Å². The molecule has 0 bridgehead atoms. The molecule has 96 valence electrons. The van der Waals surface area contributed by atoms with E-state index in [1.807, 2.05) is 6.07 Å². The van der Waals surface area contributed by atoms with Crippen molar-refractivity contribution >= 4 is 0 Å². The van der Waals surface area contributed by atoms with E-state index < -0.39 is 0 Å². The van der Waals surface area contributed by atoms with Crippen molar-refractivity contribution in [2.24, 2.45) is 0 Å². The molecule has 1 fully saturated rings.